The van der Waals surface area contributed by atoms with Crippen LogP contribution in [0.15, 0.2) is 0 Å². The van der Waals surface area contributed by atoms with E-state index in [1.54, 1.807) is 6.92 Å². The fourth-order valence-corrected chi connectivity index (χ4v) is 0.982. The fourth-order valence-electron chi connectivity index (χ4n) is 0.982. The molecule has 0 heterocycles. The summed E-state index contributed by atoms with van der Waals surface area (Å²) in [6.07, 6.45) is -1.39. The van der Waals surface area contributed by atoms with Gasteiger partial charge < -0.3 is 19.5 Å². The summed E-state index contributed by atoms with van der Waals surface area (Å²) < 4.78 is 9.90. The maximum atomic E-state index is 11.3. The molecular weight excluding hydrogens is 214 g/mol. The van der Waals surface area contributed by atoms with Crippen molar-refractivity contribution in [3.63, 3.8) is 0 Å². The number of carboxylic acid groups (broad SMARTS) is 1. The Balaban J connectivity index is 4.09. The van der Waals surface area contributed by atoms with Crippen LogP contribution in [-0.2, 0) is 19.1 Å². The lowest BCUT2D eigenvalue weighted by atomic mass is 10.2. The van der Waals surface area contributed by atoms with Gasteiger partial charge >= 0.3 is 11.9 Å². The number of carbonyl (C=O) groups is 2. The number of hydrogen-bond acceptors (Lipinski definition) is 5. The van der Waals surface area contributed by atoms with Crippen molar-refractivity contribution in [1.82, 2.24) is 4.90 Å². The van der Waals surface area contributed by atoms with E-state index in [-0.39, 0.29) is 13.0 Å². The van der Waals surface area contributed by atoms with Gasteiger partial charge in [-0.25, -0.2) is 4.79 Å². The Kier molecular flexibility index (Phi) is 7.49. The maximum Gasteiger partial charge on any atom is 0.335 e. The molecule has 0 saturated heterocycles. The van der Waals surface area contributed by atoms with Crippen LogP contribution in [-0.4, -0.2) is 61.9 Å². The fraction of sp³-hybridized carbons (Fsp3) is 0.800. The van der Waals surface area contributed by atoms with Gasteiger partial charge in [-0.3, -0.25) is 4.79 Å². The summed E-state index contributed by atoms with van der Waals surface area (Å²) in [5.41, 5.74) is 0. The molecule has 16 heavy (non-hydrogen) atoms. The number of esters is 1. The van der Waals surface area contributed by atoms with E-state index in [0.717, 1.165) is 0 Å². The molecule has 0 aromatic heterocycles. The molecule has 6 heteroatoms. The molecule has 0 aliphatic heterocycles. The lowest BCUT2D eigenvalue weighted by Gasteiger charge is -2.16. The molecule has 0 radical (unpaired) electrons. The Morgan fingerprint density at radius 1 is 1.38 bits per heavy atom. The summed E-state index contributed by atoms with van der Waals surface area (Å²) in [6.45, 7) is 2.79. The van der Waals surface area contributed by atoms with Crippen LogP contribution in [0.5, 0.6) is 0 Å². The van der Waals surface area contributed by atoms with Gasteiger partial charge in [-0.15, -0.1) is 0 Å². The van der Waals surface area contributed by atoms with Crippen molar-refractivity contribution in [2.75, 3.05) is 33.9 Å². The van der Waals surface area contributed by atoms with Crippen LogP contribution in [0, 0.1) is 0 Å². The van der Waals surface area contributed by atoms with E-state index in [0.29, 0.717) is 13.2 Å². The van der Waals surface area contributed by atoms with Crippen LogP contribution in [0.3, 0.4) is 0 Å². The second-order valence-corrected chi connectivity index (χ2v) is 3.51. The van der Waals surface area contributed by atoms with Gasteiger partial charge in [-0.1, -0.05) is 0 Å². The molecule has 0 amide bonds. The topological polar surface area (TPSA) is 76.1 Å². The van der Waals surface area contributed by atoms with Crippen molar-refractivity contribution in [3.05, 3.63) is 0 Å². The van der Waals surface area contributed by atoms with Gasteiger partial charge in [0.25, 0.3) is 0 Å². The third-order valence-electron chi connectivity index (χ3n) is 1.77. The molecule has 0 aromatic carbocycles. The molecule has 0 fully saturated rings. The monoisotopic (exact) mass is 233 g/mol. The quantitative estimate of drug-likeness (QED) is 0.593. The molecule has 1 atom stereocenters. The van der Waals surface area contributed by atoms with Crippen LogP contribution in [0.2, 0.25) is 0 Å². The Bertz CT molecular complexity index is 229. The van der Waals surface area contributed by atoms with Crippen molar-refractivity contribution in [3.8, 4) is 0 Å². The first-order valence-corrected chi connectivity index (χ1v) is 5.12. The summed E-state index contributed by atoms with van der Waals surface area (Å²) in [5.74, 6) is -1.70. The van der Waals surface area contributed by atoms with Gasteiger partial charge in [0, 0.05) is 6.54 Å². The zero-order valence-corrected chi connectivity index (χ0v) is 9.93. The zero-order chi connectivity index (χ0) is 12.6. The van der Waals surface area contributed by atoms with Gasteiger partial charge in [0.2, 0.25) is 0 Å². The zero-order valence-electron chi connectivity index (χ0n) is 9.93. The van der Waals surface area contributed by atoms with Gasteiger partial charge in [-0.05, 0) is 21.0 Å². The van der Waals surface area contributed by atoms with Crippen molar-refractivity contribution < 1.29 is 24.2 Å². The van der Waals surface area contributed by atoms with Gasteiger partial charge in [0.05, 0.1) is 19.6 Å². The predicted molar refractivity (Wildman–Crippen MR) is 57.2 cm³/mol. The number of nitrogens with zero attached hydrogens (tertiary/aromatic N) is 1. The standard InChI is InChI=1S/C10H19NO5/c1-4-15-10(14)8(7-9(12)13)16-6-5-11(2)3/h8H,4-7H2,1-3H3,(H,12,13). The lowest BCUT2D eigenvalue weighted by molar-refractivity contribution is -0.162. The van der Waals surface area contributed by atoms with Crippen molar-refractivity contribution in [2.24, 2.45) is 0 Å². The SMILES string of the molecule is CCOC(=O)C(CC(=O)O)OCCN(C)C. The van der Waals surface area contributed by atoms with Crippen LogP contribution < -0.4 is 0 Å². The molecule has 6 nitrogen and oxygen atoms in total. The van der Waals surface area contributed by atoms with Crippen LogP contribution in [0.1, 0.15) is 13.3 Å². The average Bonchev–Trinajstić information content (AvgIpc) is 2.15. The molecular formula is C10H19NO5. The first-order chi connectivity index (χ1) is 7.47. The van der Waals surface area contributed by atoms with E-state index in [1.807, 2.05) is 19.0 Å². The third kappa shape index (κ3) is 7.19. The Morgan fingerprint density at radius 2 is 2.00 bits per heavy atom. The third-order valence-corrected chi connectivity index (χ3v) is 1.77. The minimum Gasteiger partial charge on any atom is -0.481 e. The number of likely N-dealkylation sites (N-methyl/N-ethyl adjacent to an activating group) is 1. The molecule has 0 aliphatic carbocycles. The summed E-state index contributed by atoms with van der Waals surface area (Å²) in [4.78, 5) is 23.7. The van der Waals surface area contributed by atoms with E-state index in [9.17, 15) is 9.59 Å². The van der Waals surface area contributed by atoms with E-state index in [1.165, 1.54) is 0 Å². The predicted octanol–water partition coefficient (Wildman–Crippen LogP) is -0.0290. The first kappa shape index (κ1) is 14.9. The smallest absolute Gasteiger partial charge is 0.335 e. The molecule has 0 aromatic rings. The highest BCUT2D eigenvalue weighted by molar-refractivity contribution is 5.81. The maximum absolute atomic E-state index is 11.3. The van der Waals surface area contributed by atoms with Crippen LogP contribution in [0.25, 0.3) is 0 Å². The van der Waals surface area contributed by atoms with Gasteiger partial charge in [0.1, 0.15) is 0 Å². The van der Waals surface area contributed by atoms with Crippen LogP contribution in [0.4, 0.5) is 0 Å². The van der Waals surface area contributed by atoms with E-state index >= 15 is 0 Å². The molecule has 0 rings (SSSR count). The van der Waals surface area contributed by atoms with Crippen molar-refractivity contribution in [1.29, 1.82) is 0 Å². The number of carboxylic acids is 1. The largest absolute Gasteiger partial charge is 0.481 e. The number of aliphatic carboxylic acids is 1. The number of hydrogen-bond donors (Lipinski definition) is 1. The van der Waals surface area contributed by atoms with E-state index < -0.39 is 18.0 Å². The highest BCUT2D eigenvalue weighted by atomic mass is 16.6. The summed E-state index contributed by atoms with van der Waals surface area (Å²) in [5, 5.41) is 8.61. The highest BCUT2D eigenvalue weighted by Gasteiger charge is 2.23. The second kappa shape index (κ2) is 8.06. The van der Waals surface area contributed by atoms with E-state index in [4.69, 9.17) is 14.6 Å². The van der Waals surface area contributed by atoms with Gasteiger partial charge in [0.15, 0.2) is 6.10 Å². The van der Waals surface area contributed by atoms with Crippen LogP contribution >= 0.6 is 0 Å². The summed E-state index contributed by atoms with van der Waals surface area (Å²) in [7, 11) is 3.72. The Morgan fingerprint density at radius 3 is 2.44 bits per heavy atom. The molecule has 1 unspecified atom stereocenters. The summed E-state index contributed by atoms with van der Waals surface area (Å²) >= 11 is 0. The normalized spacial score (nSPS) is 12.5. The molecule has 0 spiro atoms. The molecule has 94 valence electrons. The molecule has 0 saturated carbocycles. The Hall–Kier alpha value is -1.14. The molecule has 0 aliphatic rings. The molecule has 0 bridgehead atoms. The second-order valence-electron chi connectivity index (χ2n) is 3.51. The molecule has 1 N–H and O–H groups in total. The number of carbonyl (C=O) groups excluding carboxylic acids is 1. The number of ether oxygens (including phenoxy) is 2. The summed E-state index contributed by atoms with van der Waals surface area (Å²) in [6, 6.07) is 0. The number of rotatable bonds is 8. The average molecular weight is 233 g/mol. The highest BCUT2D eigenvalue weighted by Crippen LogP contribution is 2.02. The minimum atomic E-state index is -1.08. The Labute approximate surface area is 95.1 Å². The lowest BCUT2D eigenvalue weighted by Crippen LogP contribution is -2.31. The minimum absolute atomic E-state index is 0.214. The van der Waals surface area contributed by atoms with Crippen molar-refractivity contribution in [2.45, 2.75) is 19.4 Å². The first-order valence-electron chi connectivity index (χ1n) is 5.12. The van der Waals surface area contributed by atoms with E-state index in [2.05, 4.69) is 0 Å². The van der Waals surface area contributed by atoms with Gasteiger partial charge in [-0.2, -0.15) is 0 Å². The van der Waals surface area contributed by atoms with Crippen molar-refractivity contribution >= 4 is 11.9 Å².